The molecule has 2 fully saturated rings. The lowest BCUT2D eigenvalue weighted by atomic mass is 9.94. The van der Waals surface area contributed by atoms with E-state index < -0.39 is 0 Å². The van der Waals surface area contributed by atoms with Gasteiger partial charge in [0.25, 0.3) is 0 Å². The number of hydrogen-bond donors (Lipinski definition) is 0. The van der Waals surface area contributed by atoms with E-state index in [1.807, 2.05) is 23.1 Å². The summed E-state index contributed by atoms with van der Waals surface area (Å²) in [7, 11) is 0. The lowest BCUT2D eigenvalue weighted by Gasteiger charge is -2.32. The van der Waals surface area contributed by atoms with E-state index in [0.29, 0.717) is 24.1 Å². The number of nitrogens with zero attached hydrogens (tertiary/aromatic N) is 3. The smallest absolute Gasteiger partial charge is 0.226 e. The van der Waals surface area contributed by atoms with Crippen molar-refractivity contribution in [1.29, 1.82) is 0 Å². The fraction of sp³-hybridized carbons (Fsp3) is 0.591. The van der Waals surface area contributed by atoms with Gasteiger partial charge in [-0.25, -0.2) is 0 Å². The Morgan fingerprint density at radius 3 is 2.79 bits per heavy atom. The van der Waals surface area contributed by atoms with Gasteiger partial charge in [-0.15, -0.1) is 0 Å². The van der Waals surface area contributed by atoms with Crippen molar-refractivity contribution in [3.63, 3.8) is 0 Å². The minimum atomic E-state index is 0.252. The summed E-state index contributed by atoms with van der Waals surface area (Å²) in [4.78, 5) is 19.3. The van der Waals surface area contributed by atoms with Gasteiger partial charge in [-0.2, -0.15) is 4.98 Å². The molecule has 3 heterocycles. The number of carbonyl (C=O) groups excluding carboxylic acids is 1. The fourth-order valence-corrected chi connectivity index (χ4v) is 4.23. The number of carbonyl (C=O) groups is 1. The zero-order valence-electron chi connectivity index (χ0n) is 16.4. The van der Waals surface area contributed by atoms with Gasteiger partial charge < -0.3 is 14.2 Å². The van der Waals surface area contributed by atoms with Crippen LogP contribution in [0.2, 0.25) is 0 Å². The first kappa shape index (κ1) is 19.1. The first-order valence-electron chi connectivity index (χ1n) is 10.5. The number of aryl methyl sites for hydroxylation is 1. The molecule has 0 N–H and O–H groups in total. The Hall–Kier alpha value is -2.21. The van der Waals surface area contributed by atoms with Crippen LogP contribution in [0.5, 0.6) is 0 Å². The van der Waals surface area contributed by atoms with E-state index in [2.05, 4.69) is 22.3 Å². The van der Waals surface area contributed by atoms with Gasteiger partial charge in [0.05, 0.1) is 0 Å². The topological polar surface area (TPSA) is 68.5 Å². The molecule has 0 bridgehead atoms. The lowest BCUT2D eigenvalue weighted by molar-refractivity contribution is -0.133. The van der Waals surface area contributed by atoms with Gasteiger partial charge >= 0.3 is 0 Å². The number of ether oxygens (including phenoxy) is 1. The highest BCUT2D eigenvalue weighted by Gasteiger charge is 2.26. The molecular formula is C22H29N3O3. The largest absolute Gasteiger partial charge is 0.381 e. The van der Waals surface area contributed by atoms with Crippen LogP contribution < -0.4 is 0 Å². The lowest BCUT2D eigenvalue weighted by Crippen LogP contribution is -2.40. The van der Waals surface area contributed by atoms with Crippen molar-refractivity contribution < 1.29 is 14.1 Å². The van der Waals surface area contributed by atoms with Crippen LogP contribution in [0, 0.1) is 5.92 Å². The maximum Gasteiger partial charge on any atom is 0.226 e. The standard InChI is InChI=1S/C22H29N3O3/c26-21(9-8-17-5-2-1-3-6-17)25-12-4-7-18(16-25)15-20-23-22(24-28-20)19-10-13-27-14-11-19/h1-3,5-6,18-19H,4,7-16H2. The molecule has 0 spiro atoms. The Kier molecular flexibility index (Phi) is 6.37. The van der Waals surface area contributed by atoms with Crippen molar-refractivity contribution in [2.24, 2.45) is 5.92 Å². The molecule has 1 atom stereocenters. The van der Waals surface area contributed by atoms with Crippen LogP contribution in [0.1, 0.15) is 55.3 Å². The van der Waals surface area contributed by atoms with Crippen molar-refractivity contribution in [2.45, 2.75) is 50.9 Å². The molecule has 6 heteroatoms. The molecule has 2 saturated heterocycles. The first-order chi connectivity index (χ1) is 13.8. The third-order valence-corrected chi connectivity index (χ3v) is 5.88. The van der Waals surface area contributed by atoms with E-state index in [0.717, 1.165) is 70.7 Å². The number of aromatic nitrogens is 2. The second-order valence-corrected chi connectivity index (χ2v) is 7.97. The van der Waals surface area contributed by atoms with E-state index >= 15 is 0 Å². The van der Waals surface area contributed by atoms with Gasteiger partial charge in [-0.05, 0) is 43.6 Å². The Bertz CT molecular complexity index is 755. The van der Waals surface area contributed by atoms with Crippen LogP contribution in [-0.4, -0.2) is 47.3 Å². The quantitative estimate of drug-likeness (QED) is 0.765. The van der Waals surface area contributed by atoms with E-state index in [4.69, 9.17) is 9.26 Å². The molecule has 1 amide bonds. The van der Waals surface area contributed by atoms with Crippen molar-refractivity contribution in [2.75, 3.05) is 26.3 Å². The molecule has 28 heavy (non-hydrogen) atoms. The molecule has 2 aliphatic heterocycles. The van der Waals surface area contributed by atoms with Crippen molar-refractivity contribution in [3.05, 3.63) is 47.6 Å². The Morgan fingerprint density at radius 2 is 1.96 bits per heavy atom. The summed E-state index contributed by atoms with van der Waals surface area (Å²) >= 11 is 0. The molecule has 0 saturated carbocycles. The summed E-state index contributed by atoms with van der Waals surface area (Å²) < 4.78 is 10.9. The van der Waals surface area contributed by atoms with Crippen LogP contribution >= 0.6 is 0 Å². The van der Waals surface area contributed by atoms with Gasteiger partial charge in [-0.1, -0.05) is 35.5 Å². The molecule has 2 aliphatic rings. The van der Waals surface area contributed by atoms with Gasteiger partial charge in [0.1, 0.15) is 0 Å². The Labute approximate surface area is 166 Å². The average molecular weight is 383 g/mol. The average Bonchev–Trinajstić information content (AvgIpc) is 3.22. The highest BCUT2D eigenvalue weighted by Crippen LogP contribution is 2.26. The summed E-state index contributed by atoms with van der Waals surface area (Å²) in [6, 6.07) is 10.2. The second-order valence-electron chi connectivity index (χ2n) is 7.97. The summed E-state index contributed by atoms with van der Waals surface area (Å²) in [5.41, 5.74) is 1.22. The van der Waals surface area contributed by atoms with Crippen LogP contribution in [0.15, 0.2) is 34.9 Å². The van der Waals surface area contributed by atoms with Crippen molar-refractivity contribution in [1.82, 2.24) is 15.0 Å². The fourth-order valence-electron chi connectivity index (χ4n) is 4.23. The van der Waals surface area contributed by atoms with Gasteiger partial charge in [0, 0.05) is 45.1 Å². The zero-order chi connectivity index (χ0) is 19.2. The number of piperidine rings is 1. The van der Waals surface area contributed by atoms with Crippen molar-refractivity contribution >= 4 is 5.91 Å². The maximum absolute atomic E-state index is 12.6. The molecule has 2 aromatic rings. The molecule has 4 rings (SSSR count). The molecule has 150 valence electrons. The van der Waals surface area contributed by atoms with E-state index in [1.165, 1.54) is 5.56 Å². The molecule has 0 radical (unpaired) electrons. The Balaban J connectivity index is 1.27. The first-order valence-corrected chi connectivity index (χ1v) is 10.5. The van der Waals surface area contributed by atoms with Gasteiger partial charge in [0.15, 0.2) is 5.82 Å². The second kappa shape index (κ2) is 9.32. The molecule has 1 unspecified atom stereocenters. The van der Waals surface area contributed by atoms with Crippen LogP contribution in [0.25, 0.3) is 0 Å². The minimum Gasteiger partial charge on any atom is -0.381 e. The number of likely N-dealkylation sites (tertiary alicyclic amines) is 1. The highest BCUT2D eigenvalue weighted by atomic mass is 16.5. The molecule has 6 nitrogen and oxygen atoms in total. The van der Waals surface area contributed by atoms with E-state index in [9.17, 15) is 4.79 Å². The molecule has 1 aromatic heterocycles. The third kappa shape index (κ3) is 4.98. The monoisotopic (exact) mass is 383 g/mol. The number of hydrogen-bond acceptors (Lipinski definition) is 5. The third-order valence-electron chi connectivity index (χ3n) is 5.88. The predicted molar refractivity (Wildman–Crippen MR) is 105 cm³/mol. The summed E-state index contributed by atoms with van der Waals surface area (Å²) in [6.07, 6.45) is 6.22. The molecule has 1 aromatic carbocycles. The van der Waals surface area contributed by atoms with Gasteiger partial charge in [-0.3, -0.25) is 4.79 Å². The van der Waals surface area contributed by atoms with E-state index in [-0.39, 0.29) is 5.91 Å². The highest BCUT2D eigenvalue weighted by molar-refractivity contribution is 5.76. The predicted octanol–water partition coefficient (Wildman–Crippen LogP) is 3.38. The van der Waals surface area contributed by atoms with Crippen LogP contribution in [0.4, 0.5) is 0 Å². The Morgan fingerprint density at radius 1 is 1.14 bits per heavy atom. The number of rotatable bonds is 6. The maximum atomic E-state index is 12.6. The minimum absolute atomic E-state index is 0.252. The zero-order valence-corrected chi connectivity index (χ0v) is 16.4. The van der Waals surface area contributed by atoms with E-state index in [1.54, 1.807) is 0 Å². The molecular weight excluding hydrogens is 354 g/mol. The van der Waals surface area contributed by atoms with Gasteiger partial charge in [0.2, 0.25) is 11.8 Å². The normalized spacial score (nSPS) is 21.0. The summed E-state index contributed by atoms with van der Waals surface area (Å²) in [5, 5.41) is 4.20. The summed E-state index contributed by atoms with van der Waals surface area (Å²) in [5.74, 6) is 2.54. The SMILES string of the molecule is O=C(CCc1ccccc1)N1CCCC(Cc2nc(C3CCOCC3)no2)C1. The summed E-state index contributed by atoms with van der Waals surface area (Å²) in [6.45, 7) is 3.21. The van der Waals surface area contributed by atoms with Crippen LogP contribution in [0.3, 0.4) is 0 Å². The molecule has 0 aliphatic carbocycles. The number of amides is 1. The van der Waals surface area contributed by atoms with Crippen molar-refractivity contribution in [3.8, 4) is 0 Å². The van der Waals surface area contributed by atoms with Crippen LogP contribution in [-0.2, 0) is 22.4 Å². The number of benzene rings is 1.